The summed E-state index contributed by atoms with van der Waals surface area (Å²) in [5, 5.41) is 3.53. The van der Waals surface area contributed by atoms with E-state index in [9.17, 15) is 14.4 Å². The van der Waals surface area contributed by atoms with Gasteiger partial charge in [-0.15, -0.1) is 0 Å². The van der Waals surface area contributed by atoms with Crippen LogP contribution in [0.1, 0.15) is 78.9 Å². The number of ketones is 1. The Labute approximate surface area is 211 Å². The number of fused-ring (bicyclic) bond motifs is 1. The van der Waals surface area contributed by atoms with Crippen LogP contribution in [0, 0.1) is 0 Å². The fraction of sp³-hybridized carbons (Fsp3) is 0.258. The smallest absolute Gasteiger partial charge is 0.347 e. The molecule has 0 aliphatic rings. The van der Waals surface area contributed by atoms with Gasteiger partial charge in [-0.1, -0.05) is 65.8 Å². The largest absolute Gasteiger partial charge is 0.422 e. The number of hydrogen-bond donors (Lipinski definition) is 1. The van der Waals surface area contributed by atoms with Crippen molar-refractivity contribution in [2.24, 2.45) is 0 Å². The lowest BCUT2D eigenvalue weighted by Crippen LogP contribution is -2.19. The second kappa shape index (κ2) is 9.23. The van der Waals surface area contributed by atoms with E-state index in [4.69, 9.17) is 4.42 Å². The molecule has 0 bridgehead atoms. The number of carbonyl (C=O) groups is 2. The van der Waals surface area contributed by atoms with Crippen LogP contribution >= 0.6 is 0 Å². The molecular formula is C31H31NO4. The fourth-order valence-corrected chi connectivity index (χ4v) is 4.04. The topological polar surface area (TPSA) is 76.4 Å². The zero-order chi connectivity index (χ0) is 26.3. The summed E-state index contributed by atoms with van der Waals surface area (Å²) in [6.45, 7) is 12.6. The van der Waals surface area contributed by atoms with Crippen molar-refractivity contribution in [2.45, 2.75) is 52.4 Å². The second-order valence-corrected chi connectivity index (χ2v) is 11.1. The zero-order valence-corrected chi connectivity index (χ0v) is 21.6. The van der Waals surface area contributed by atoms with Crippen LogP contribution in [0.4, 0.5) is 5.69 Å². The first kappa shape index (κ1) is 25.1. The highest BCUT2D eigenvalue weighted by atomic mass is 16.4. The maximum atomic E-state index is 13.3. The van der Waals surface area contributed by atoms with Crippen molar-refractivity contribution in [2.75, 3.05) is 5.32 Å². The molecule has 4 rings (SSSR count). The number of rotatable bonds is 4. The fourth-order valence-electron chi connectivity index (χ4n) is 4.04. The van der Waals surface area contributed by atoms with E-state index in [0.29, 0.717) is 22.4 Å². The maximum Gasteiger partial charge on any atom is 0.347 e. The number of nitrogens with one attached hydrogen (secondary N) is 1. The summed E-state index contributed by atoms with van der Waals surface area (Å²) in [5.74, 6) is -0.667. The van der Waals surface area contributed by atoms with Crippen LogP contribution in [0.2, 0.25) is 0 Å². The van der Waals surface area contributed by atoms with Gasteiger partial charge in [0, 0.05) is 27.8 Å². The van der Waals surface area contributed by atoms with Gasteiger partial charge < -0.3 is 9.73 Å². The molecule has 4 aromatic rings. The Morgan fingerprint density at radius 2 is 1.39 bits per heavy atom. The molecular weight excluding hydrogens is 450 g/mol. The van der Waals surface area contributed by atoms with Gasteiger partial charge in [0.25, 0.3) is 5.91 Å². The Morgan fingerprint density at radius 1 is 0.750 bits per heavy atom. The van der Waals surface area contributed by atoms with Gasteiger partial charge in [-0.3, -0.25) is 9.59 Å². The van der Waals surface area contributed by atoms with Crippen molar-refractivity contribution in [1.29, 1.82) is 0 Å². The predicted octanol–water partition coefficient (Wildman–Crippen LogP) is 6.87. The molecule has 5 nitrogen and oxygen atoms in total. The summed E-state index contributed by atoms with van der Waals surface area (Å²) in [5.41, 5.74) is 2.92. The highest BCUT2D eigenvalue weighted by Gasteiger charge is 2.25. The van der Waals surface area contributed by atoms with Crippen molar-refractivity contribution < 1.29 is 14.0 Å². The van der Waals surface area contributed by atoms with Gasteiger partial charge in [0.2, 0.25) is 0 Å². The van der Waals surface area contributed by atoms with Gasteiger partial charge in [0.15, 0.2) is 5.78 Å². The van der Waals surface area contributed by atoms with Gasteiger partial charge >= 0.3 is 5.63 Å². The van der Waals surface area contributed by atoms with Crippen molar-refractivity contribution >= 4 is 28.3 Å². The summed E-state index contributed by atoms with van der Waals surface area (Å²) < 4.78 is 5.75. The van der Waals surface area contributed by atoms with Crippen molar-refractivity contribution in [1.82, 2.24) is 0 Å². The number of anilines is 1. The molecule has 1 heterocycles. The second-order valence-electron chi connectivity index (χ2n) is 11.1. The Hall–Kier alpha value is -3.99. The minimum Gasteiger partial charge on any atom is -0.422 e. The lowest BCUT2D eigenvalue weighted by atomic mass is 9.79. The quantitative estimate of drug-likeness (QED) is 0.255. The lowest BCUT2D eigenvalue weighted by Gasteiger charge is -2.26. The van der Waals surface area contributed by atoms with E-state index in [1.165, 1.54) is 0 Å². The Kier molecular flexibility index (Phi) is 6.44. The maximum absolute atomic E-state index is 13.3. The van der Waals surface area contributed by atoms with E-state index in [1.54, 1.807) is 54.6 Å². The van der Waals surface area contributed by atoms with Crippen LogP contribution in [0.15, 0.2) is 82.0 Å². The van der Waals surface area contributed by atoms with Gasteiger partial charge in [0.05, 0.1) is 0 Å². The highest BCUT2D eigenvalue weighted by Crippen LogP contribution is 2.35. The van der Waals surface area contributed by atoms with E-state index in [2.05, 4.69) is 52.9 Å². The van der Waals surface area contributed by atoms with E-state index in [0.717, 1.165) is 16.5 Å². The molecule has 0 aliphatic heterocycles. The average molecular weight is 482 g/mol. The van der Waals surface area contributed by atoms with E-state index < -0.39 is 11.4 Å². The third-order valence-electron chi connectivity index (χ3n) is 6.19. The molecule has 0 saturated carbocycles. The van der Waals surface area contributed by atoms with Crippen LogP contribution in [-0.4, -0.2) is 11.7 Å². The molecule has 184 valence electrons. The van der Waals surface area contributed by atoms with Crippen molar-refractivity contribution in [3.05, 3.63) is 111 Å². The summed E-state index contributed by atoms with van der Waals surface area (Å²) in [7, 11) is 0. The minimum absolute atomic E-state index is 0.0190. The van der Waals surface area contributed by atoms with Gasteiger partial charge in [0.1, 0.15) is 11.1 Å². The third kappa shape index (κ3) is 5.15. The third-order valence-corrected chi connectivity index (χ3v) is 6.19. The summed E-state index contributed by atoms with van der Waals surface area (Å²) >= 11 is 0. The summed E-state index contributed by atoms with van der Waals surface area (Å²) in [6.07, 6.45) is 0. The van der Waals surface area contributed by atoms with Crippen molar-refractivity contribution in [3.8, 4) is 0 Å². The summed E-state index contributed by atoms with van der Waals surface area (Å²) in [4.78, 5) is 38.6. The van der Waals surface area contributed by atoms with Gasteiger partial charge in [-0.2, -0.15) is 0 Å². The Bertz CT molecular complexity index is 1500. The van der Waals surface area contributed by atoms with Crippen LogP contribution in [0.25, 0.3) is 11.0 Å². The van der Waals surface area contributed by atoms with Crippen molar-refractivity contribution in [3.63, 3.8) is 0 Å². The number of hydrogen-bond acceptors (Lipinski definition) is 4. The molecule has 0 aliphatic carbocycles. The molecule has 0 radical (unpaired) electrons. The molecule has 5 heteroatoms. The average Bonchev–Trinajstić information content (AvgIpc) is 2.82. The Balaban J connectivity index is 1.69. The van der Waals surface area contributed by atoms with E-state index >= 15 is 0 Å². The molecule has 1 amide bonds. The number of carbonyl (C=O) groups excluding carboxylic acids is 2. The Morgan fingerprint density at radius 3 is 1.97 bits per heavy atom. The zero-order valence-electron chi connectivity index (χ0n) is 21.6. The first-order chi connectivity index (χ1) is 16.8. The first-order valence-electron chi connectivity index (χ1n) is 12.0. The standard InChI is InChI=1S/C31H31NO4/c1-30(2,3)22-16-21-17-24(29(35)36-27(21)25(18-22)31(4,5)6)26(33)19-12-14-23(15-13-19)32-28(34)20-10-8-7-9-11-20/h7-18H,1-6H3,(H,32,34). The molecule has 0 atom stereocenters. The van der Waals surface area contributed by atoms with Gasteiger partial charge in [-0.05, 0) is 64.9 Å². The van der Waals surface area contributed by atoms with Gasteiger partial charge in [-0.25, -0.2) is 4.79 Å². The number of amides is 1. The number of benzene rings is 3. The lowest BCUT2D eigenvalue weighted by molar-refractivity contribution is 0.102. The van der Waals surface area contributed by atoms with Crippen LogP contribution in [0.3, 0.4) is 0 Å². The molecule has 3 aromatic carbocycles. The normalized spacial score (nSPS) is 11.9. The SMILES string of the molecule is CC(C)(C)c1cc(C(C)(C)C)c2oc(=O)c(C(=O)c3ccc(NC(=O)c4ccccc4)cc3)cc2c1. The molecule has 1 N–H and O–H groups in total. The molecule has 0 fully saturated rings. The van der Waals surface area contributed by atoms with E-state index in [1.807, 2.05) is 12.1 Å². The highest BCUT2D eigenvalue weighted by molar-refractivity contribution is 6.10. The predicted molar refractivity (Wildman–Crippen MR) is 144 cm³/mol. The van der Waals surface area contributed by atoms with E-state index in [-0.39, 0.29) is 22.3 Å². The van der Waals surface area contributed by atoms with Crippen LogP contribution < -0.4 is 10.9 Å². The minimum atomic E-state index is -0.664. The molecule has 0 saturated heterocycles. The summed E-state index contributed by atoms with van der Waals surface area (Å²) in [6, 6.07) is 21.1. The first-order valence-corrected chi connectivity index (χ1v) is 12.0. The molecule has 0 spiro atoms. The van der Waals surface area contributed by atoms with Crippen LogP contribution in [0.5, 0.6) is 0 Å². The monoisotopic (exact) mass is 481 g/mol. The molecule has 1 aromatic heterocycles. The van der Waals surface area contributed by atoms with Crippen LogP contribution in [-0.2, 0) is 10.8 Å². The molecule has 0 unspecified atom stereocenters. The molecule has 36 heavy (non-hydrogen) atoms.